The van der Waals surface area contributed by atoms with Crippen molar-refractivity contribution in [2.45, 2.75) is 49.9 Å². The van der Waals surface area contributed by atoms with Crippen LogP contribution in [0, 0.1) is 10.1 Å². The van der Waals surface area contributed by atoms with Crippen molar-refractivity contribution in [1.82, 2.24) is 5.32 Å². The first-order valence-electron chi connectivity index (χ1n) is 8.82. The molecule has 3 unspecified atom stereocenters. The fraction of sp³-hybridized carbons (Fsp3) is 0.400. The molecule has 25 heavy (non-hydrogen) atoms. The third-order valence-electron chi connectivity index (χ3n) is 5.14. The van der Waals surface area contributed by atoms with Crippen molar-refractivity contribution in [3.05, 3.63) is 81.9 Å². The lowest BCUT2D eigenvalue weighted by Gasteiger charge is -2.40. The molecule has 132 valence electrons. The predicted molar refractivity (Wildman–Crippen MR) is 98.8 cm³/mol. The van der Waals surface area contributed by atoms with E-state index in [2.05, 4.69) is 5.32 Å². The number of nitrogens with zero attached hydrogens (tertiary/aromatic N) is 1. The Hall–Kier alpha value is -2.24. The summed E-state index contributed by atoms with van der Waals surface area (Å²) < 4.78 is 0. The first kappa shape index (κ1) is 17.6. The van der Waals surface area contributed by atoms with Crippen molar-refractivity contribution in [3.63, 3.8) is 0 Å². The zero-order valence-electron chi connectivity index (χ0n) is 14.3. The minimum atomic E-state index is -0.822. The van der Waals surface area contributed by atoms with Crippen molar-refractivity contribution in [1.29, 1.82) is 0 Å². The number of benzene rings is 2. The van der Waals surface area contributed by atoms with Crippen LogP contribution in [0.4, 0.5) is 0 Å². The molecule has 3 rings (SSSR count). The van der Waals surface area contributed by atoms with Gasteiger partial charge in [-0.2, -0.15) is 0 Å². The van der Waals surface area contributed by atoms with Gasteiger partial charge in [0.2, 0.25) is 6.04 Å². The molecule has 1 saturated carbocycles. The Labute approximate surface area is 148 Å². The molecule has 5 heteroatoms. The maximum absolute atomic E-state index is 11.9. The van der Waals surface area contributed by atoms with Gasteiger partial charge < -0.3 is 11.1 Å². The Morgan fingerprint density at radius 3 is 2.28 bits per heavy atom. The van der Waals surface area contributed by atoms with Crippen LogP contribution < -0.4 is 11.1 Å². The van der Waals surface area contributed by atoms with Gasteiger partial charge in [-0.3, -0.25) is 10.1 Å². The third kappa shape index (κ3) is 4.24. The number of rotatable bonds is 6. The number of nitrogens with two attached hydrogens (primary N) is 1. The van der Waals surface area contributed by atoms with E-state index in [1.165, 1.54) is 0 Å². The fourth-order valence-corrected chi connectivity index (χ4v) is 3.94. The summed E-state index contributed by atoms with van der Waals surface area (Å²) >= 11 is 0. The van der Waals surface area contributed by atoms with E-state index in [-0.39, 0.29) is 11.0 Å². The molecular formula is C20H25N3O2. The van der Waals surface area contributed by atoms with Crippen molar-refractivity contribution < 1.29 is 4.92 Å². The molecule has 0 saturated heterocycles. The van der Waals surface area contributed by atoms with Gasteiger partial charge in [-0.1, -0.05) is 60.7 Å². The van der Waals surface area contributed by atoms with E-state index >= 15 is 0 Å². The number of nitrogens with one attached hydrogen (secondary N) is 1. The van der Waals surface area contributed by atoms with E-state index in [4.69, 9.17) is 5.73 Å². The second kappa shape index (κ2) is 7.76. The molecule has 0 radical (unpaired) electrons. The van der Waals surface area contributed by atoms with Crippen molar-refractivity contribution in [3.8, 4) is 0 Å². The second-order valence-corrected chi connectivity index (χ2v) is 6.99. The second-order valence-electron chi connectivity index (χ2n) is 6.99. The van der Waals surface area contributed by atoms with Gasteiger partial charge in [0.1, 0.15) is 0 Å². The Kier molecular flexibility index (Phi) is 5.46. The first-order chi connectivity index (χ1) is 12.1. The highest BCUT2D eigenvalue weighted by atomic mass is 16.6. The van der Waals surface area contributed by atoms with Gasteiger partial charge in [0, 0.05) is 11.5 Å². The molecule has 1 aliphatic rings. The highest BCUT2D eigenvalue weighted by molar-refractivity contribution is 5.20. The van der Waals surface area contributed by atoms with Crippen LogP contribution >= 0.6 is 0 Å². The Morgan fingerprint density at radius 2 is 1.68 bits per heavy atom. The molecule has 0 aromatic heterocycles. The van der Waals surface area contributed by atoms with Gasteiger partial charge in [0.15, 0.2) is 0 Å². The van der Waals surface area contributed by atoms with Gasteiger partial charge in [-0.05, 0) is 36.8 Å². The standard InChI is InChI=1S/C20H25N3O2/c21-20(14-16-8-3-1-4-9-16)13-7-12-18(19(20)23(24)25)22-15-17-10-5-2-6-11-17/h1-6,8-11,18-19,22H,7,12-15,21H2. The lowest BCUT2D eigenvalue weighted by molar-refractivity contribution is -0.541. The van der Waals surface area contributed by atoms with Crippen LogP contribution in [-0.2, 0) is 13.0 Å². The maximum atomic E-state index is 11.9. The van der Waals surface area contributed by atoms with Crippen LogP contribution in [0.3, 0.4) is 0 Å². The highest BCUT2D eigenvalue weighted by Crippen LogP contribution is 2.32. The molecule has 0 amide bonds. The summed E-state index contributed by atoms with van der Waals surface area (Å²) in [6.07, 6.45) is 2.90. The van der Waals surface area contributed by atoms with Crippen molar-refractivity contribution in [2.24, 2.45) is 5.73 Å². The normalized spacial score (nSPS) is 26.3. The van der Waals surface area contributed by atoms with E-state index in [1.54, 1.807) is 0 Å². The predicted octanol–water partition coefficient (Wildman–Crippen LogP) is 2.91. The Bertz CT molecular complexity index is 693. The van der Waals surface area contributed by atoms with Crippen LogP contribution in [0.2, 0.25) is 0 Å². The lowest BCUT2D eigenvalue weighted by atomic mass is 9.72. The topological polar surface area (TPSA) is 81.2 Å². The van der Waals surface area contributed by atoms with Crippen LogP contribution in [0.5, 0.6) is 0 Å². The quantitative estimate of drug-likeness (QED) is 0.626. The Balaban J connectivity index is 1.75. The molecule has 2 aromatic rings. The van der Waals surface area contributed by atoms with Crippen molar-refractivity contribution >= 4 is 0 Å². The van der Waals surface area contributed by atoms with Crippen LogP contribution in [0.25, 0.3) is 0 Å². The minimum absolute atomic E-state index is 0.176. The van der Waals surface area contributed by atoms with Gasteiger partial charge >= 0.3 is 0 Å². The van der Waals surface area contributed by atoms with Gasteiger partial charge in [0.25, 0.3) is 0 Å². The maximum Gasteiger partial charge on any atom is 0.246 e. The SMILES string of the molecule is NC1(Cc2ccccc2)CCCC(NCc2ccccc2)C1[N+](=O)[O-]. The minimum Gasteiger partial charge on any atom is -0.319 e. The van der Waals surface area contributed by atoms with Gasteiger partial charge in [0.05, 0.1) is 11.6 Å². The van der Waals surface area contributed by atoms with E-state index in [0.29, 0.717) is 19.4 Å². The summed E-state index contributed by atoms with van der Waals surface area (Å²) in [6, 6.07) is 18.8. The molecule has 1 aliphatic carbocycles. The van der Waals surface area contributed by atoms with E-state index in [9.17, 15) is 10.1 Å². The zero-order valence-corrected chi connectivity index (χ0v) is 14.3. The third-order valence-corrected chi connectivity index (χ3v) is 5.14. The molecule has 0 spiro atoms. The lowest BCUT2D eigenvalue weighted by Crippen LogP contribution is -2.65. The molecule has 5 nitrogen and oxygen atoms in total. The summed E-state index contributed by atoms with van der Waals surface area (Å²) in [5.41, 5.74) is 7.97. The van der Waals surface area contributed by atoms with Crippen LogP contribution in [0.1, 0.15) is 30.4 Å². The summed E-state index contributed by atoms with van der Waals surface area (Å²) in [5.74, 6) is 0. The first-order valence-corrected chi connectivity index (χ1v) is 8.82. The van der Waals surface area contributed by atoms with E-state index in [0.717, 1.165) is 24.0 Å². The summed E-state index contributed by atoms with van der Waals surface area (Å²) in [7, 11) is 0. The molecular weight excluding hydrogens is 314 g/mol. The Morgan fingerprint density at radius 1 is 1.08 bits per heavy atom. The largest absolute Gasteiger partial charge is 0.319 e. The van der Waals surface area contributed by atoms with Gasteiger partial charge in [-0.15, -0.1) is 0 Å². The summed E-state index contributed by atoms with van der Waals surface area (Å²) in [4.78, 5) is 11.7. The summed E-state index contributed by atoms with van der Waals surface area (Å²) in [5, 5.41) is 15.3. The van der Waals surface area contributed by atoms with E-state index in [1.807, 2.05) is 60.7 Å². The molecule has 0 aliphatic heterocycles. The zero-order chi connectivity index (χ0) is 17.7. The van der Waals surface area contributed by atoms with Crippen molar-refractivity contribution in [2.75, 3.05) is 0 Å². The molecule has 2 aromatic carbocycles. The smallest absolute Gasteiger partial charge is 0.246 e. The molecule has 3 atom stereocenters. The number of nitro groups is 1. The number of hydrogen-bond acceptors (Lipinski definition) is 4. The van der Waals surface area contributed by atoms with Crippen LogP contribution in [-0.4, -0.2) is 22.5 Å². The highest BCUT2D eigenvalue weighted by Gasteiger charge is 2.50. The number of hydrogen-bond donors (Lipinski definition) is 2. The van der Waals surface area contributed by atoms with Gasteiger partial charge in [-0.25, -0.2) is 0 Å². The molecule has 3 N–H and O–H groups in total. The van der Waals surface area contributed by atoms with E-state index < -0.39 is 11.6 Å². The fourth-order valence-electron chi connectivity index (χ4n) is 3.94. The average molecular weight is 339 g/mol. The molecule has 0 bridgehead atoms. The molecule has 1 fully saturated rings. The summed E-state index contributed by atoms with van der Waals surface area (Å²) in [6.45, 7) is 0.622. The molecule has 0 heterocycles. The average Bonchev–Trinajstić information content (AvgIpc) is 2.61. The van der Waals surface area contributed by atoms with Crippen LogP contribution in [0.15, 0.2) is 60.7 Å². The monoisotopic (exact) mass is 339 g/mol.